The number of methoxy groups -OCH3 is 1. The number of likely N-dealkylation sites (tertiary alicyclic amines) is 1. The van der Waals surface area contributed by atoms with Crippen LogP contribution in [0.2, 0.25) is 0 Å². The summed E-state index contributed by atoms with van der Waals surface area (Å²) in [5, 5.41) is 3.27. The lowest BCUT2D eigenvalue weighted by Crippen LogP contribution is -2.55. The Kier molecular flexibility index (Phi) is 5.43. The fraction of sp³-hybridized carbons (Fsp3) is 0.556. The smallest absolute Gasteiger partial charge is 0.253 e. The van der Waals surface area contributed by atoms with E-state index in [4.69, 9.17) is 15.2 Å². The zero-order valence-corrected chi connectivity index (χ0v) is 14.7. The minimum Gasteiger partial charge on any atom is -0.493 e. The summed E-state index contributed by atoms with van der Waals surface area (Å²) >= 11 is 0. The first-order chi connectivity index (χ1) is 12.1. The molecule has 7 nitrogen and oxygen atoms in total. The number of nitrogens with zero attached hydrogens (tertiary/aromatic N) is 2. The standard InChI is InChI=1S/C18H26N4O3/c1-24-10-3-11-25-15-5-2-4-14(12-15)16(23)22-8-6-18(7-9-22)13-20-17(19)21-18/h2,4-5,12H,3,6-11,13H2,1H3,(H3,19,20,21). The van der Waals surface area contributed by atoms with Gasteiger partial charge in [0.2, 0.25) is 0 Å². The van der Waals surface area contributed by atoms with Gasteiger partial charge in [-0.25, -0.2) is 0 Å². The molecule has 1 amide bonds. The molecule has 0 radical (unpaired) electrons. The second kappa shape index (κ2) is 7.74. The molecule has 7 heteroatoms. The molecule has 0 atom stereocenters. The number of nitrogens with one attached hydrogen (secondary N) is 1. The van der Waals surface area contributed by atoms with Gasteiger partial charge >= 0.3 is 0 Å². The average molecular weight is 346 g/mol. The van der Waals surface area contributed by atoms with Gasteiger partial charge in [0.15, 0.2) is 5.96 Å². The molecule has 0 unspecified atom stereocenters. The van der Waals surface area contributed by atoms with E-state index in [-0.39, 0.29) is 11.4 Å². The van der Waals surface area contributed by atoms with E-state index in [0.29, 0.717) is 50.1 Å². The molecule has 0 aliphatic carbocycles. The summed E-state index contributed by atoms with van der Waals surface area (Å²) in [6.07, 6.45) is 2.54. The van der Waals surface area contributed by atoms with E-state index in [9.17, 15) is 4.79 Å². The van der Waals surface area contributed by atoms with Crippen molar-refractivity contribution in [3.63, 3.8) is 0 Å². The second-order valence-corrected chi connectivity index (χ2v) is 6.62. The first kappa shape index (κ1) is 17.5. The first-order valence-electron chi connectivity index (χ1n) is 8.71. The molecule has 1 fully saturated rings. The quantitative estimate of drug-likeness (QED) is 0.750. The third-order valence-electron chi connectivity index (χ3n) is 4.80. The molecule has 2 aliphatic rings. The molecule has 2 aliphatic heterocycles. The Morgan fingerprint density at radius 3 is 2.84 bits per heavy atom. The number of amides is 1. The number of carbonyl (C=O) groups is 1. The number of hydrogen-bond acceptors (Lipinski definition) is 6. The minimum absolute atomic E-state index is 0.0454. The van der Waals surface area contributed by atoms with Crippen molar-refractivity contribution >= 4 is 11.9 Å². The number of piperidine rings is 1. The van der Waals surface area contributed by atoms with Crippen molar-refractivity contribution in [2.24, 2.45) is 10.7 Å². The van der Waals surface area contributed by atoms with E-state index in [0.717, 1.165) is 19.3 Å². The third-order valence-corrected chi connectivity index (χ3v) is 4.80. The van der Waals surface area contributed by atoms with Crippen LogP contribution in [0.1, 0.15) is 29.6 Å². The summed E-state index contributed by atoms with van der Waals surface area (Å²) in [6.45, 7) is 3.34. The van der Waals surface area contributed by atoms with Gasteiger partial charge in [-0.1, -0.05) is 6.07 Å². The Morgan fingerprint density at radius 2 is 2.16 bits per heavy atom. The summed E-state index contributed by atoms with van der Waals surface area (Å²) in [7, 11) is 1.67. The molecule has 2 heterocycles. The van der Waals surface area contributed by atoms with Gasteiger partial charge in [-0.15, -0.1) is 0 Å². The van der Waals surface area contributed by atoms with E-state index >= 15 is 0 Å². The van der Waals surface area contributed by atoms with Crippen LogP contribution in [0.25, 0.3) is 0 Å². The van der Waals surface area contributed by atoms with Crippen molar-refractivity contribution in [1.29, 1.82) is 0 Å². The molecule has 3 N–H and O–H groups in total. The van der Waals surface area contributed by atoms with E-state index in [2.05, 4.69) is 10.3 Å². The van der Waals surface area contributed by atoms with Crippen LogP contribution in [-0.2, 0) is 4.74 Å². The van der Waals surface area contributed by atoms with Crippen molar-refractivity contribution in [2.45, 2.75) is 24.8 Å². The monoisotopic (exact) mass is 346 g/mol. The molecule has 0 bridgehead atoms. The van der Waals surface area contributed by atoms with Gasteiger partial charge in [0.1, 0.15) is 5.75 Å². The lowest BCUT2D eigenvalue weighted by molar-refractivity contribution is 0.0668. The van der Waals surface area contributed by atoms with E-state index in [1.165, 1.54) is 0 Å². The normalized spacial score (nSPS) is 18.8. The van der Waals surface area contributed by atoms with Gasteiger partial charge in [-0.3, -0.25) is 9.79 Å². The number of guanidine groups is 1. The van der Waals surface area contributed by atoms with Crippen molar-refractivity contribution < 1.29 is 14.3 Å². The maximum Gasteiger partial charge on any atom is 0.253 e. The molecule has 136 valence electrons. The highest BCUT2D eigenvalue weighted by Gasteiger charge is 2.39. The second-order valence-electron chi connectivity index (χ2n) is 6.62. The molecule has 0 saturated carbocycles. The van der Waals surface area contributed by atoms with Crippen molar-refractivity contribution in [1.82, 2.24) is 10.2 Å². The molecule has 1 aromatic carbocycles. The van der Waals surface area contributed by atoms with Crippen LogP contribution >= 0.6 is 0 Å². The predicted octanol–water partition coefficient (Wildman–Crippen LogP) is 0.995. The van der Waals surface area contributed by atoms with Crippen LogP contribution in [0.3, 0.4) is 0 Å². The minimum atomic E-state index is -0.0623. The summed E-state index contributed by atoms with van der Waals surface area (Å²) in [4.78, 5) is 18.9. The number of hydrogen-bond donors (Lipinski definition) is 2. The lowest BCUT2D eigenvalue weighted by atomic mass is 9.88. The van der Waals surface area contributed by atoms with Crippen molar-refractivity contribution in [2.75, 3.05) is 40.0 Å². The number of carbonyl (C=O) groups excluding carboxylic acids is 1. The SMILES string of the molecule is COCCCOc1cccc(C(=O)N2CCC3(CC2)CN=C(N)N3)c1. The van der Waals surface area contributed by atoms with E-state index in [1.54, 1.807) is 7.11 Å². The van der Waals surface area contributed by atoms with Crippen molar-refractivity contribution in [3.8, 4) is 5.75 Å². The zero-order chi connectivity index (χ0) is 17.7. The molecular weight excluding hydrogens is 320 g/mol. The molecule has 1 aromatic rings. The van der Waals surface area contributed by atoms with Crippen LogP contribution in [-0.4, -0.2) is 62.3 Å². The fourth-order valence-corrected chi connectivity index (χ4v) is 3.30. The first-order valence-corrected chi connectivity index (χ1v) is 8.71. The average Bonchev–Trinajstić information content (AvgIpc) is 2.99. The fourth-order valence-electron chi connectivity index (χ4n) is 3.30. The number of rotatable bonds is 6. The van der Waals surface area contributed by atoms with Crippen LogP contribution < -0.4 is 15.8 Å². The Morgan fingerprint density at radius 1 is 1.36 bits per heavy atom. The molecule has 25 heavy (non-hydrogen) atoms. The number of nitrogens with two attached hydrogens (primary N) is 1. The Bertz CT molecular complexity index is 639. The molecule has 1 saturated heterocycles. The van der Waals surface area contributed by atoms with Crippen LogP contribution in [0.4, 0.5) is 0 Å². The van der Waals surface area contributed by atoms with Gasteiger partial charge < -0.3 is 25.4 Å². The summed E-state index contributed by atoms with van der Waals surface area (Å²) < 4.78 is 10.7. The van der Waals surface area contributed by atoms with Gasteiger partial charge in [0.05, 0.1) is 18.7 Å². The Labute approximate surface area is 148 Å². The molecule has 1 spiro atoms. The van der Waals surface area contributed by atoms with Crippen LogP contribution in [0, 0.1) is 0 Å². The highest BCUT2D eigenvalue weighted by atomic mass is 16.5. The molecule has 3 rings (SSSR count). The van der Waals surface area contributed by atoms with Gasteiger partial charge in [-0.2, -0.15) is 0 Å². The molecular formula is C18H26N4O3. The van der Waals surface area contributed by atoms with Gasteiger partial charge in [0, 0.05) is 38.8 Å². The zero-order valence-electron chi connectivity index (χ0n) is 14.7. The summed E-state index contributed by atoms with van der Waals surface area (Å²) in [5.74, 6) is 1.27. The van der Waals surface area contributed by atoms with E-state index in [1.807, 2.05) is 29.2 Å². The molecule has 0 aromatic heterocycles. The van der Waals surface area contributed by atoms with Crippen LogP contribution in [0.5, 0.6) is 5.75 Å². The number of aliphatic imine (C=N–C) groups is 1. The van der Waals surface area contributed by atoms with Gasteiger partial charge in [0.25, 0.3) is 5.91 Å². The predicted molar refractivity (Wildman–Crippen MR) is 95.9 cm³/mol. The largest absolute Gasteiger partial charge is 0.493 e. The maximum absolute atomic E-state index is 12.8. The lowest BCUT2D eigenvalue weighted by Gasteiger charge is -2.39. The Balaban J connectivity index is 1.55. The summed E-state index contributed by atoms with van der Waals surface area (Å²) in [5.41, 5.74) is 6.34. The maximum atomic E-state index is 12.8. The summed E-state index contributed by atoms with van der Waals surface area (Å²) in [6, 6.07) is 7.38. The highest BCUT2D eigenvalue weighted by molar-refractivity contribution is 5.94. The number of benzene rings is 1. The van der Waals surface area contributed by atoms with Gasteiger partial charge in [-0.05, 0) is 31.0 Å². The highest BCUT2D eigenvalue weighted by Crippen LogP contribution is 2.26. The Hall–Kier alpha value is -2.28. The van der Waals surface area contributed by atoms with Crippen LogP contribution in [0.15, 0.2) is 29.3 Å². The van der Waals surface area contributed by atoms with E-state index < -0.39 is 0 Å². The topological polar surface area (TPSA) is 89.2 Å². The van der Waals surface area contributed by atoms with Crippen molar-refractivity contribution in [3.05, 3.63) is 29.8 Å². The number of ether oxygens (including phenoxy) is 2. The third kappa shape index (κ3) is 4.22.